The summed E-state index contributed by atoms with van der Waals surface area (Å²) in [6.07, 6.45) is 5.84. The molecule has 46 heavy (non-hydrogen) atoms. The number of unbranched alkanes of at least 4 members (excludes halogenated alkanes) is 3. The molecule has 6 rings (SSSR count). The topological polar surface area (TPSA) is 98.8 Å². The molecule has 2 aliphatic rings. The van der Waals surface area contributed by atoms with Gasteiger partial charge >= 0.3 is 0 Å². The number of imide groups is 2. The Morgan fingerprint density at radius 1 is 0.413 bits per heavy atom. The Kier molecular flexibility index (Phi) is 12.6. The van der Waals surface area contributed by atoms with Gasteiger partial charge in [-0.15, -0.1) is 34.0 Å². The Balaban J connectivity index is 0.00000240. The van der Waals surface area contributed by atoms with Gasteiger partial charge in [0.2, 0.25) is 0 Å². The Labute approximate surface area is 290 Å². The predicted octanol–water partition coefficient (Wildman–Crippen LogP) is 6.56. The SMILES string of the molecule is Br.Br.O=C1c2cccc3cccc(c23)C(=O)N1CCCNCCCCCCNCCCN1C(=O)c2cccc3cccc(c23)C1=O. The van der Waals surface area contributed by atoms with Crippen molar-refractivity contribution in [3.63, 3.8) is 0 Å². The van der Waals surface area contributed by atoms with Crippen LogP contribution in [0.2, 0.25) is 0 Å². The molecule has 0 fully saturated rings. The van der Waals surface area contributed by atoms with Gasteiger partial charge in [0.1, 0.15) is 0 Å². The molecule has 0 unspecified atom stereocenters. The fourth-order valence-corrected chi connectivity index (χ4v) is 6.39. The van der Waals surface area contributed by atoms with Crippen molar-refractivity contribution in [3.05, 3.63) is 95.1 Å². The number of hydrogen-bond acceptors (Lipinski definition) is 6. The van der Waals surface area contributed by atoms with Crippen LogP contribution < -0.4 is 10.6 Å². The lowest BCUT2D eigenvalue weighted by atomic mass is 9.94. The van der Waals surface area contributed by atoms with Gasteiger partial charge in [0.15, 0.2) is 0 Å². The normalized spacial score (nSPS) is 13.7. The van der Waals surface area contributed by atoms with Crippen molar-refractivity contribution in [2.45, 2.75) is 38.5 Å². The van der Waals surface area contributed by atoms with E-state index in [1.54, 1.807) is 24.3 Å². The van der Waals surface area contributed by atoms with Crippen LogP contribution in [0.1, 0.15) is 80.0 Å². The van der Waals surface area contributed by atoms with Crippen LogP contribution in [-0.4, -0.2) is 72.7 Å². The summed E-state index contributed by atoms with van der Waals surface area (Å²) in [5.74, 6) is -0.815. The highest BCUT2D eigenvalue weighted by Crippen LogP contribution is 2.31. The molecule has 10 heteroatoms. The molecule has 4 aromatic rings. The molecule has 242 valence electrons. The van der Waals surface area contributed by atoms with Gasteiger partial charge in [-0.1, -0.05) is 61.4 Å². The molecule has 0 atom stereocenters. The zero-order valence-corrected chi connectivity index (χ0v) is 29.2. The highest BCUT2D eigenvalue weighted by atomic mass is 79.9. The minimum Gasteiger partial charge on any atom is -0.317 e. The first-order valence-corrected chi connectivity index (χ1v) is 15.7. The second-order valence-corrected chi connectivity index (χ2v) is 11.6. The van der Waals surface area contributed by atoms with Crippen molar-refractivity contribution in [3.8, 4) is 0 Å². The molecule has 0 radical (unpaired) electrons. The van der Waals surface area contributed by atoms with Crippen molar-refractivity contribution in [1.29, 1.82) is 0 Å². The first kappa shape index (κ1) is 35.4. The van der Waals surface area contributed by atoms with Gasteiger partial charge in [0, 0.05) is 46.1 Å². The standard InChI is InChI=1S/C36H38N4O4.2BrH/c41-33-27-15-5-11-25-12-6-16-28(31(25)27)34(42)39(33)23-9-21-37-19-3-1-2-4-20-38-22-10-24-40-35(43)29-17-7-13-26-14-8-18-30(32(26)29)36(40)44;;/h5-8,11-18,37-38H,1-4,9-10,19-24H2;2*1H. The minimum absolute atomic E-state index is 0. The van der Waals surface area contributed by atoms with Crippen molar-refractivity contribution in [2.75, 3.05) is 39.3 Å². The molecule has 0 spiro atoms. The first-order valence-electron chi connectivity index (χ1n) is 15.7. The maximum atomic E-state index is 13.0. The molecule has 0 bridgehead atoms. The molecular formula is C36H40Br2N4O4. The van der Waals surface area contributed by atoms with Gasteiger partial charge in [-0.3, -0.25) is 29.0 Å². The lowest BCUT2D eigenvalue weighted by molar-refractivity contribution is 0.0593. The largest absolute Gasteiger partial charge is 0.317 e. The van der Waals surface area contributed by atoms with E-state index in [0.29, 0.717) is 35.3 Å². The van der Waals surface area contributed by atoms with E-state index < -0.39 is 0 Å². The first-order chi connectivity index (χ1) is 21.6. The van der Waals surface area contributed by atoms with Crippen molar-refractivity contribution < 1.29 is 19.2 Å². The summed E-state index contributed by atoms with van der Waals surface area (Å²) in [5.41, 5.74) is 2.43. The van der Waals surface area contributed by atoms with E-state index in [1.807, 2.05) is 48.5 Å². The van der Waals surface area contributed by atoms with Crippen molar-refractivity contribution in [1.82, 2.24) is 20.4 Å². The highest BCUT2D eigenvalue weighted by molar-refractivity contribution is 8.93. The number of halogens is 2. The second kappa shape index (κ2) is 16.4. The average Bonchev–Trinajstić information content (AvgIpc) is 3.05. The van der Waals surface area contributed by atoms with Crippen LogP contribution in [0.25, 0.3) is 21.5 Å². The molecular weight excluding hydrogens is 712 g/mol. The number of carbonyl (C=O) groups is 4. The van der Waals surface area contributed by atoms with Gasteiger partial charge in [-0.2, -0.15) is 0 Å². The summed E-state index contributed by atoms with van der Waals surface area (Å²) in [5, 5.41) is 10.3. The monoisotopic (exact) mass is 750 g/mol. The summed E-state index contributed by atoms with van der Waals surface area (Å²) >= 11 is 0. The van der Waals surface area contributed by atoms with Crippen LogP contribution in [0.15, 0.2) is 72.8 Å². The van der Waals surface area contributed by atoms with E-state index >= 15 is 0 Å². The lowest BCUT2D eigenvalue weighted by Gasteiger charge is -2.27. The fraction of sp³-hybridized carbons (Fsp3) is 0.333. The molecule has 0 saturated carbocycles. The van der Waals surface area contributed by atoms with Crippen LogP contribution in [0.3, 0.4) is 0 Å². The molecule has 0 aliphatic carbocycles. The molecule has 2 heterocycles. The van der Waals surface area contributed by atoms with E-state index in [9.17, 15) is 19.2 Å². The van der Waals surface area contributed by atoms with Crippen molar-refractivity contribution in [2.24, 2.45) is 0 Å². The summed E-state index contributed by atoms with van der Waals surface area (Å²) in [6.45, 7) is 4.15. The average molecular weight is 753 g/mol. The van der Waals surface area contributed by atoms with Crippen LogP contribution in [0.4, 0.5) is 0 Å². The van der Waals surface area contributed by atoms with Gasteiger partial charge in [0.05, 0.1) is 0 Å². The Bertz CT molecular complexity index is 1520. The molecule has 4 amide bonds. The lowest BCUT2D eigenvalue weighted by Crippen LogP contribution is -2.41. The van der Waals surface area contributed by atoms with Gasteiger partial charge < -0.3 is 10.6 Å². The quantitative estimate of drug-likeness (QED) is 0.106. The van der Waals surface area contributed by atoms with Gasteiger partial charge in [0.25, 0.3) is 23.6 Å². The Morgan fingerprint density at radius 2 is 0.717 bits per heavy atom. The highest BCUT2D eigenvalue weighted by Gasteiger charge is 2.33. The van der Waals surface area contributed by atoms with E-state index in [4.69, 9.17) is 0 Å². The fourth-order valence-electron chi connectivity index (χ4n) is 6.39. The summed E-state index contributed by atoms with van der Waals surface area (Å²) in [7, 11) is 0. The third kappa shape index (κ3) is 7.25. The summed E-state index contributed by atoms with van der Waals surface area (Å²) < 4.78 is 0. The van der Waals surface area contributed by atoms with Crippen molar-refractivity contribution >= 4 is 79.1 Å². The number of benzene rings is 4. The Hall–Kier alpha value is -3.44. The van der Waals surface area contributed by atoms with Gasteiger partial charge in [-0.05, 0) is 86.9 Å². The third-order valence-corrected chi connectivity index (χ3v) is 8.64. The summed E-state index contributed by atoms with van der Waals surface area (Å²) in [6, 6.07) is 22.4. The van der Waals surface area contributed by atoms with Gasteiger partial charge in [-0.25, -0.2) is 0 Å². The van der Waals surface area contributed by atoms with E-state index in [1.165, 1.54) is 9.80 Å². The molecule has 0 aromatic heterocycles. The minimum atomic E-state index is -0.204. The number of nitrogens with zero attached hydrogens (tertiary/aromatic N) is 2. The smallest absolute Gasteiger partial charge is 0.261 e. The maximum Gasteiger partial charge on any atom is 0.261 e. The number of nitrogens with one attached hydrogen (secondary N) is 2. The molecule has 2 aliphatic heterocycles. The third-order valence-electron chi connectivity index (χ3n) is 8.64. The zero-order valence-electron chi connectivity index (χ0n) is 25.8. The molecule has 8 nitrogen and oxygen atoms in total. The molecule has 4 aromatic carbocycles. The predicted molar refractivity (Wildman–Crippen MR) is 193 cm³/mol. The number of carbonyl (C=O) groups excluding carboxylic acids is 4. The Morgan fingerprint density at radius 3 is 1.04 bits per heavy atom. The van der Waals surface area contributed by atoms with Crippen LogP contribution >= 0.6 is 34.0 Å². The number of rotatable bonds is 15. The van der Waals surface area contributed by atoms with E-state index in [-0.39, 0.29) is 57.6 Å². The van der Waals surface area contributed by atoms with Crippen LogP contribution in [0.5, 0.6) is 0 Å². The second-order valence-electron chi connectivity index (χ2n) is 11.6. The maximum absolute atomic E-state index is 13.0. The summed E-state index contributed by atoms with van der Waals surface area (Å²) in [4.78, 5) is 54.7. The molecule has 0 saturated heterocycles. The number of amides is 4. The molecule has 2 N–H and O–H groups in total. The zero-order chi connectivity index (χ0) is 30.5. The van der Waals surface area contributed by atoms with Crippen LogP contribution in [0, 0.1) is 0 Å². The van der Waals surface area contributed by atoms with E-state index in [0.717, 1.165) is 86.2 Å². The van der Waals surface area contributed by atoms with Crippen LogP contribution in [-0.2, 0) is 0 Å². The number of hydrogen-bond donors (Lipinski definition) is 2. The van der Waals surface area contributed by atoms with E-state index in [2.05, 4.69) is 10.6 Å².